The predicted molar refractivity (Wildman–Crippen MR) is 110 cm³/mol. The fraction of sp³-hybridized carbons (Fsp3) is 0.368. The Morgan fingerprint density at radius 3 is 2.62 bits per heavy atom. The summed E-state index contributed by atoms with van der Waals surface area (Å²) >= 11 is 0. The van der Waals surface area contributed by atoms with E-state index in [1.54, 1.807) is 6.20 Å². The topological polar surface area (TPSA) is 63.2 Å². The summed E-state index contributed by atoms with van der Waals surface area (Å²) in [4.78, 5) is 16.3. The van der Waals surface area contributed by atoms with Gasteiger partial charge in [0.15, 0.2) is 0 Å². The first-order valence-corrected chi connectivity index (χ1v) is 8.32. The van der Waals surface area contributed by atoms with Crippen LogP contribution in [0.25, 0.3) is 0 Å². The van der Waals surface area contributed by atoms with Crippen molar-refractivity contribution in [3.63, 3.8) is 0 Å². The lowest BCUT2D eigenvalue weighted by atomic mass is 10.1. The van der Waals surface area contributed by atoms with Gasteiger partial charge >= 0.3 is 0 Å². The fourth-order valence-electron chi connectivity index (χ4n) is 2.18. The Labute approximate surface area is 167 Å². The third kappa shape index (κ3) is 8.52. The summed E-state index contributed by atoms with van der Waals surface area (Å²) in [6.45, 7) is 6.83. The molecular formula is C19H27Cl2N3O2. The van der Waals surface area contributed by atoms with Gasteiger partial charge in [0.1, 0.15) is 12.4 Å². The minimum atomic E-state index is -0.0628. The first-order valence-electron chi connectivity index (χ1n) is 8.32. The van der Waals surface area contributed by atoms with Gasteiger partial charge in [-0.15, -0.1) is 24.8 Å². The number of hydrogen-bond acceptors (Lipinski definition) is 4. The zero-order valence-corrected chi connectivity index (χ0v) is 16.8. The molecule has 1 heterocycles. The number of benzene rings is 1. The monoisotopic (exact) mass is 399 g/mol. The van der Waals surface area contributed by atoms with E-state index in [9.17, 15) is 4.79 Å². The highest BCUT2D eigenvalue weighted by Gasteiger charge is 2.06. The van der Waals surface area contributed by atoms with E-state index >= 15 is 0 Å². The number of nitrogens with zero attached hydrogens (tertiary/aromatic N) is 1. The largest absolute Gasteiger partial charge is 0.487 e. The standard InChI is InChI=1S/C19H25N3O2.2ClH/c1-3-9-20-10-11-21-19(23)17-6-4-5-16(12-17)14-24-18-8-7-15(2)22-13-18;;/h4-8,12-13,20H,3,9-11,14H2,1-2H3,(H,21,23);2*1H. The van der Waals surface area contributed by atoms with Crippen molar-refractivity contribution in [1.82, 2.24) is 15.6 Å². The van der Waals surface area contributed by atoms with Crippen LogP contribution in [0.4, 0.5) is 0 Å². The summed E-state index contributed by atoms with van der Waals surface area (Å²) in [5.41, 5.74) is 2.55. The second kappa shape index (κ2) is 13.4. The maximum atomic E-state index is 12.2. The fourth-order valence-corrected chi connectivity index (χ4v) is 2.18. The molecule has 7 heteroatoms. The van der Waals surface area contributed by atoms with Gasteiger partial charge in [-0.2, -0.15) is 0 Å². The average molecular weight is 400 g/mol. The van der Waals surface area contributed by atoms with Gasteiger partial charge in [-0.25, -0.2) is 0 Å². The minimum Gasteiger partial charge on any atom is -0.487 e. The zero-order chi connectivity index (χ0) is 17.2. The number of rotatable bonds is 9. The van der Waals surface area contributed by atoms with Gasteiger partial charge in [-0.1, -0.05) is 19.1 Å². The molecule has 1 amide bonds. The van der Waals surface area contributed by atoms with Crippen LogP contribution in [0.15, 0.2) is 42.6 Å². The van der Waals surface area contributed by atoms with E-state index in [0.29, 0.717) is 18.7 Å². The van der Waals surface area contributed by atoms with Crippen LogP contribution in [-0.4, -0.2) is 30.5 Å². The Kier molecular flexibility index (Phi) is 12.5. The summed E-state index contributed by atoms with van der Waals surface area (Å²) in [6, 6.07) is 11.3. The molecule has 0 unspecified atom stereocenters. The minimum absolute atomic E-state index is 0. The third-order valence-corrected chi connectivity index (χ3v) is 3.49. The highest BCUT2D eigenvalue weighted by molar-refractivity contribution is 5.94. The molecule has 0 aliphatic heterocycles. The number of ether oxygens (including phenoxy) is 1. The first kappa shape index (κ1) is 24.2. The van der Waals surface area contributed by atoms with Gasteiger partial charge < -0.3 is 15.4 Å². The van der Waals surface area contributed by atoms with E-state index in [1.165, 1.54) is 0 Å². The molecule has 5 nitrogen and oxygen atoms in total. The molecule has 0 radical (unpaired) electrons. The van der Waals surface area contributed by atoms with E-state index in [2.05, 4.69) is 22.5 Å². The van der Waals surface area contributed by atoms with E-state index in [1.807, 2.05) is 43.3 Å². The third-order valence-electron chi connectivity index (χ3n) is 3.49. The van der Waals surface area contributed by atoms with Crippen LogP contribution in [0.5, 0.6) is 5.75 Å². The number of carbonyl (C=O) groups excluding carboxylic acids is 1. The van der Waals surface area contributed by atoms with Crippen LogP contribution in [0.1, 0.15) is 35.0 Å². The maximum Gasteiger partial charge on any atom is 0.251 e. The molecule has 26 heavy (non-hydrogen) atoms. The van der Waals surface area contributed by atoms with Crippen LogP contribution in [0.2, 0.25) is 0 Å². The van der Waals surface area contributed by atoms with Gasteiger partial charge in [0.05, 0.1) is 6.20 Å². The molecule has 2 aromatic rings. The van der Waals surface area contributed by atoms with Crippen molar-refractivity contribution in [2.75, 3.05) is 19.6 Å². The molecule has 2 N–H and O–H groups in total. The summed E-state index contributed by atoms with van der Waals surface area (Å²) in [5, 5.41) is 6.17. The lowest BCUT2D eigenvalue weighted by molar-refractivity contribution is 0.0954. The smallest absolute Gasteiger partial charge is 0.251 e. The zero-order valence-electron chi connectivity index (χ0n) is 15.2. The van der Waals surface area contributed by atoms with Crippen molar-refractivity contribution in [3.05, 3.63) is 59.4 Å². The lowest BCUT2D eigenvalue weighted by Gasteiger charge is -2.09. The van der Waals surface area contributed by atoms with Crippen molar-refractivity contribution in [3.8, 4) is 5.75 Å². The molecule has 0 aliphatic carbocycles. The number of amides is 1. The van der Waals surface area contributed by atoms with E-state index in [0.717, 1.165) is 36.5 Å². The SMILES string of the molecule is CCCNCCNC(=O)c1cccc(COc2ccc(C)nc2)c1.Cl.Cl. The quantitative estimate of drug-likeness (QED) is 0.632. The Bertz CT molecular complexity index is 651. The van der Waals surface area contributed by atoms with Gasteiger partial charge in [-0.05, 0) is 49.7 Å². The number of pyridine rings is 1. The summed E-state index contributed by atoms with van der Waals surface area (Å²) in [7, 11) is 0. The number of aromatic nitrogens is 1. The van der Waals surface area contributed by atoms with Gasteiger partial charge in [0.25, 0.3) is 5.91 Å². The van der Waals surface area contributed by atoms with Crippen LogP contribution in [0.3, 0.4) is 0 Å². The van der Waals surface area contributed by atoms with Crippen molar-refractivity contribution in [2.45, 2.75) is 26.9 Å². The molecule has 0 bridgehead atoms. The average Bonchev–Trinajstić information content (AvgIpc) is 2.61. The second-order valence-corrected chi connectivity index (χ2v) is 5.63. The van der Waals surface area contributed by atoms with E-state index in [4.69, 9.17) is 4.74 Å². The molecule has 1 aromatic carbocycles. The normalized spacial score (nSPS) is 9.62. The highest BCUT2D eigenvalue weighted by Crippen LogP contribution is 2.12. The van der Waals surface area contributed by atoms with Crippen molar-refractivity contribution >= 4 is 30.7 Å². The molecule has 0 saturated carbocycles. The van der Waals surface area contributed by atoms with Gasteiger partial charge in [-0.3, -0.25) is 9.78 Å². The number of halogens is 2. The molecule has 0 atom stereocenters. The van der Waals surface area contributed by atoms with E-state index < -0.39 is 0 Å². The van der Waals surface area contributed by atoms with Crippen molar-refractivity contribution in [2.24, 2.45) is 0 Å². The lowest BCUT2D eigenvalue weighted by Crippen LogP contribution is -2.32. The van der Waals surface area contributed by atoms with E-state index in [-0.39, 0.29) is 30.7 Å². The summed E-state index contributed by atoms with van der Waals surface area (Å²) in [5.74, 6) is 0.657. The molecule has 0 saturated heterocycles. The van der Waals surface area contributed by atoms with Crippen molar-refractivity contribution < 1.29 is 9.53 Å². The Balaban J connectivity index is 0.00000312. The number of nitrogens with one attached hydrogen (secondary N) is 2. The van der Waals surface area contributed by atoms with Crippen molar-refractivity contribution in [1.29, 1.82) is 0 Å². The number of aryl methyl sites for hydroxylation is 1. The number of hydrogen-bond donors (Lipinski definition) is 2. The van der Waals surface area contributed by atoms with Gasteiger partial charge in [0, 0.05) is 24.3 Å². The highest BCUT2D eigenvalue weighted by atomic mass is 35.5. The Morgan fingerprint density at radius 2 is 1.92 bits per heavy atom. The summed E-state index contributed by atoms with van der Waals surface area (Å²) in [6.07, 6.45) is 2.79. The maximum absolute atomic E-state index is 12.2. The summed E-state index contributed by atoms with van der Waals surface area (Å²) < 4.78 is 5.70. The van der Waals surface area contributed by atoms with Crippen LogP contribution in [0, 0.1) is 6.92 Å². The first-order chi connectivity index (χ1) is 11.7. The molecule has 0 spiro atoms. The molecule has 1 aromatic heterocycles. The molecule has 0 fully saturated rings. The van der Waals surface area contributed by atoms with Gasteiger partial charge in [0.2, 0.25) is 0 Å². The van der Waals surface area contributed by atoms with Crippen LogP contribution >= 0.6 is 24.8 Å². The Morgan fingerprint density at radius 1 is 1.12 bits per heavy atom. The molecule has 0 aliphatic rings. The Hall–Kier alpha value is -1.82. The number of carbonyl (C=O) groups is 1. The van der Waals surface area contributed by atoms with Crippen LogP contribution < -0.4 is 15.4 Å². The van der Waals surface area contributed by atoms with Crippen LogP contribution in [-0.2, 0) is 6.61 Å². The molecule has 2 rings (SSSR count). The predicted octanol–water partition coefficient (Wildman–Crippen LogP) is 3.54. The second-order valence-electron chi connectivity index (χ2n) is 5.63. The molecular weight excluding hydrogens is 373 g/mol. The molecule has 144 valence electrons.